The minimum Gasteiger partial charge on any atom is -0.258 e. The van der Waals surface area contributed by atoms with E-state index in [4.69, 9.17) is 0 Å². The van der Waals surface area contributed by atoms with E-state index < -0.39 is 0 Å². The highest BCUT2D eigenvalue weighted by Crippen LogP contribution is 2.38. The van der Waals surface area contributed by atoms with E-state index >= 15 is 0 Å². The number of rotatable bonds is 3. The van der Waals surface area contributed by atoms with Crippen molar-refractivity contribution < 1.29 is 4.92 Å². The second-order valence-corrected chi connectivity index (χ2v) is 7.37. The fourth-order valence-corrected chi connectivity index (χ4v) is 4.06. The molecule has 1 aliphatic rings. The quantitative estimate of drug-likeness (QED) is 0.409. The van der Waals surface area contributed by atoms with Crippen LogP contribution in [0.15, 0.2) is 22.7 Å². The Balaban J connectivity index is 2.19. The second-order valence-electron chi connectivity index (χ2n) is 5.41. The maximum absolute atomic E-state index is 10.9. The molecule has 0 bridgehead atoms. The molecule has 19 heavy (non-hydrogen) atoms. The Labute approximate surface area is 130 Å². The van der Waals surface area contributed by atoms with Crippen molar-refractivity contribution in [2.75, 3.05) is 0 Å². The monoisotopic (exact) mass is 389 g/mol. The summed E-state index contributed by atoms with van der Waals surface area (Å²) in [4.78, 5) is 11.1. The number of halogens is 2. The van der Waals surface area contributed by atoms with Crippen LogP contribution in [0.2, 0.25) is 0 Å². The topological polar surface area (TPSA) is 43.1 Å². The lowest BCUT2D eigenvalue weighted by Gasteiger charge is -2.31. The number of hydrogen-bond donors (Lipinski definition) is 0. The fraction of sp³-hybridized carbons (Fsp3) is 0.571. The first-order valence-corrected chi connectivity index (χ1v) is 8.25. The lowest BCUT2D eigenvalue weighted by Crippen LogP contribution is -2.25. The van der Waals surface area contributed by atoms with Gasteiger partial charge in [0.2, 0.25) is 0 Å². The van der Waals surface area contributed by atoms with Gasteiger partial charge in [0.1, 0.15) is 0 Å². The molecule has 3 nitrogen and oxygen atoms in total. The second kappa shape index (κ2) is 6.35. The number of nitro groups is 1. The normalized spacial score (nSPS) is 27.2. The van der Waals surface area contributed by atoms with Gasteiger partial charge < -0.3 is 0 Å². The fourth-order valence-electron chi connectivity index (χ4n) is 2.82. The minimum absolute atomic E-state index is 0.160. The summed E-state index contributed by atoms with van der Waals surface area (Å²) in [5.41, 5.74) is 1.20. The Morgan fingerprint density at radius 3 is 2.84 bits per heavy atom. The first-order valence-electron chi connectivity index (χ1n) is 6.55. The van der Waals surface area contributed by atoms with E-state index in [1.54, 1.807) is 12.1 Å². The number of benzene rings is 1. The molecule has 0 N–H and O–H groups in total. The van der Waals surface area contributed by atoms with E-state index in [9.17, 15) is 10.1 Å². The molecule has 3 unspecified atom stereocenters. The molecule has 3 atom stereocenters. The third-order valence-electron chi connectivity index (χ3n) is 3.89. The molecule has 0 radical (unpaired) electrons. The van der Waals surface area contributed by atoms with Crippen LogP contribution in [0, 0.1) is 22.0 Å². The summed E-state index contributed by atoms with van der Waals surface area (Å²) in [7, 11) is 0. The van der Waals surface area contributed by atoms with Gasteiger partial charge in [-0.2, -0.15) is 0 Å². The first-order chi connectivity index (χ1) is 8.99. The van der Waals surface area contributed by atoms with Crippen molar-refractivity contribution in [1.29, 1.82) is 0 Å². The highest BCUT2D eigenvalue weighted by atomic mass is 79.9. The number of nitrogens with zero attached hydrogens (tertiary/aromatic N) is 1. The summed E-state index contributed by atoms with van der Waals surface area (Å²) in [5, 5.41) is 10.9. The summed E-state index contributed by atoms with van der Waals surface area (Å²) in [6.07, 6.45) is 4.54. The highest BCUT2D eigenvalue weighted by molar-refractivity contribution is 9.10. The zero-order chi connectivity index (χ0) is 14.0. The molecular weight excluding hydrogens is 374 g/mol. The maximum atomic E-state index is 10.9. The third-order valence-corrected chi connectivity index (χ3v) is 6.01. The van der Waals surface area contributed by atoms with E-state index in [0.29, 0.717) is 15.2 Å². The van der Waals surface area contributed by atoms with Crippen LogP contribution in [-0.2, 0) is 6.42 Å². The average Bonchev–Trinajstić information content (AvgIpc) is 2.36. The number of nitro benzene ring substituents is 1. The lowest BCUT2D eigenvalue weighted by molar-refractivity contribution is -0.385. The van der Waals surface area contributed by atoms with Gasteiger partial charge in [-0.3, -0.25) is 10.1 Å². The minimum atomic E-state index is -0.331. The molecule has 1 aromatic carbocycles. The van der Waals surface area contributed by atoms with Gasteiger partial charge in [0.05, 0.1) is 9.40 Å². The molecule has 1 aromatic rings. The van der Waals surface area contributed by atoms with Crippen LogP contribution in [0.25, 0.3) is 0 Å². The largest absolute Gasteiger partial charge is 0.283 e. The van der Waals surface area contributed by atoms with Gasteiger partial charge >= 0.3 is 0 Å². The zero-order valence-electron chi connectivity index (χ0n) is 10.8. The van der Waals surface area contributed by atoms with E-state index in [0.717, 1.165) is 17.9 Å². The molecule has 0 spiro atoms. The summed E-state index contributed by atoms with van der Waals surface area (Å²) >= 11 is 7.15. The predicted molar refractivity (Wildman–Crippen MR) is 83.7 cm³/mol. The Hall–Kier alpha value is -0.420. The van der Waals surface area contributed by atoms with Gasteiger partial charge in [0.15, 0.2) is 0 Å². The smallest absolute Gasteiger partial charge is 0.258 e. The van der Waals surface area contributed by atoms with Gasteiger partial charge in [0, 0.05) is 10.9 Å². The molecule has 0 aromatic heterocycles. The molecular formula is C14H17Br2NO2. The molecule has 104 valence electrons. The Bertz CT molecular complexity index is 479. The molecule has 2 rings (SSSR count). The molecule has 1 saturated carbocycles. The molecule has 0 amide bonds. The number of hydrogen-bond acceptors (Lipinski definition) is 2. The summed E-state index contributed by atoms with van der Waals surface area (Å²) in [6.45, 7) is 2.29. The van der Waals surface area contributed by atoms with Gasteiger partial charge in [0.25, 0.3) is 5.69 Å². The van der Waals surface area contributed by atoms with Gasteiger partial charge in [-0.25, -0.2) is 0 Å². The van der Waals surface area contributed by atoms with Crippen LogP contribution >= 0.6 is 31.9 Å². The SMILES string of the molecule is CC1CCC(Br)C(Cc2cccc([N+](=O)[O-])c2Br)C1. The van der Waals surface area contributed by atoms with Crippen LogP contribution in [0.3, 0.4) is 0 Å². The Kier molecular flexibility index (Phi) is 5.01. The summed E-state index contributed by atoms with van der Waals surface area (Å²) in [5.74, 6) is 1.30. The first kappa shape index (κ1) is 15.0. The van der Waals surface area contributed by atoms with E-state index in [1.165, 1.54) is 19.3 Å². The van der Waals surface area contributed by atoms with Crippen molar-refractivity contribution in [3.8, 4) is 0 Å². The van der Waals surface area contributed by atoms with E-state index in [2.05, 4.69) is 38.8 Å². The van der Waals surface area contributed by atoms with Crippen molar-refractivity contribution in [3.63, 3.8) is 0 Å². The van der Waals surface area contributed by atoms with E-state index in [-0.39, 0.29) is 10.6 Å². The van der Waals surface area contributed by atoms with Crippen molar-refractivity contribution in [1.82, 2.24) is 0 Å². The predicted octanol–water partition coefficient (Wildman–Crippen LogP) is 5.10. The van der Waals surface area contributed by atoms with Gasteiger partial charge in [-0.15, -0.1) is 0 Å². The number of alkyl halides is 1. The van der Waals surface area contributed by atoms with Crippen LogP contribution in [0.4, 0.5) is 5.69 Å². The molecule has 0 aliphatic heterocycles. The van der Waals surface area contributed by atoms with Gasteiger partial charge in [-0.1, -0.05) is 35.0 Å². The lowest BCUT2D eigenvalue weighted by atomic mass is 9.79. The molecule has 0 saturated heterocycles. The molecule has 1 aliphatic carbocycles. The van der Waals surface area contributed by atoms with Crippen molar-refractivity contribution >= 4 is 37.5 Å². The third kappa shape index (κ3) is 3.57. The van der Waals surface area contributed by atoms with Crippen molar-refractivity contribution in [3.05, 3.63) is 38.3 Å². The van der Waals surface area contributed by atoms with Crippen LogP contribution in [0.5, 0.6) is 0 Å². The average molecular weight is 391 g/mol. The van der Waals surface area contributed by atoms with Crippen molar-refractivity contribution in [2.24, 2.45) is 11.8 Å². The van der Waals surface area contributed by atoms with Crippen molar-refractivity contribution in [2.45, 2.75) is 37.4 Å². The summed E-state index contributed by atoms with van der Waals surface area (Å²) in [6, 6.07) is 5.30. The molecule has 5 heteroatoms. The molecule has 0 heterocycles. The van der Waals surface area contributed by atoms with Crippen LogP contribution in [-0.4, -0.2) is 9.75 Å². The Morgan fingerprint density at radius 1 is 1.42 bits per heavy atom. The van der Waals surface area contributed by atoms with E-state index in [1.807, 2.05) is 6.07 Å². The van der Waals surface area contributed by atoms with Crippen LogP contribution < -0.4 is 0 Å². The maximum Gasteiger partial charge on any atom is 0.283 e. The van der Waals surface area contributed by atoms with Crippen LogP contribution in [0.1, 0.15) is 31.7 Å². The zero-order valence-corrected chi connectivity index (χ0v) is 14.0. The standard InChI is InChI=1S/C14H17Br2NO2/c1-9-5-6-12(15)11(7-9)8-10-3-2-4-13(14(10)16)17(18)19/h2-4,9,11-12H,5-8H2,1H3. The van der Waals surface area contributed by atoms with Gasteiger partial charge in [-0.05, 0) is 59.0 Å². The summed E-state index contributed by atoms with van der Waals surface area (Å²) < 4.78 is 0.637. The highest BCUT2D eigenvalue weighted by Gasteiger charge is 2.28. The Morgan fingerprint density at radius 2 is 2.16 bits per heavy atom. The molecule has 1 fully saturated rings.